The Bertz CT molecular complexity index is 317. The minimum Gasteiger partial charge on any atom is -0.463 e. The molecule has 2 heteroatoms. The van der Waals surface area contributed by atoms with Crippen molar-refractivity contribution >= 4 is 5.97 Å². The number of carbonyl (C=O) groups is 1. The van der Waals surface area contributed by atoms with Crippen LogP contribution in [-0.4, -0.2) is 12.6 Å². The first-order valence-corrected chi connectivity index (χ1v) is 7.16. The van der Waals surface area contributed by atoms with E-state index in [1.165, 1.54) is 31.3 Å². The van der Waals surface area contributed by atoms with Crippen LogP contribution in [0.25, 0.3) is 0 Å². The maximum atomic E-state index is 11.8. The van der Waals surface area contributed by atoms with E-state index in [1.807, 2.05) is 6.92 Å². The van der Waals surface area contributed by atoms with Gasteiger partial charge in [0.25, 0.3) is 0 Å². The fourth-order valence-electron chi connectivity index (χ4n) is 3.09. The highest BCUT2D eigenvalue weighted by molar-refractivity contribution is 5.90. The van der Waals surface area contributed by atoms with Gasteiger partial charge in [0.2, 0.25) is 0 Å². The van der Waals surface area contributed by atoms with Crippen molar-refractivity contribution in [3.63, 3.8) is 0 Å². The first kappa shape index (κ1) is 12.7. The lowest BCUT2D eigenvalue weighted by molar-refractivity contribution is -0.138. The monoisotopic (exact) mass is 236 g/mol. The Morgan fingerprint density at radius 1 is 1.35 bits per heavy atom. The number of hydrogen-bond donors (Lipinski definition) is 0. The maximum absolute atomic E-state index is 11.8. The molecule has 0 aromatic rings. The van der Waals surface area contributed by atoms with Crippen LogP contribution in [0.15, 0.2) is 11.1 Å². The van der Waals surface area contributed by atoms with Gasteiger partial charge >= 0.3 is 5.97 Å². The number of unbranched alkanes of at least 4 members (excludes halogenated alkanes) is 1. The Labute approximate surface area is 104 Å². The van der Waals surface area contributed by atoms with Crippen molar-refractivity contribution in [2.45, 2.75) is 58.8 Å². The third kappa shape index (κ3) is 2.91. The number of esters is 1. The molecule has 0 amide bonds. The number of hydrogen-bond acceptors (Lipinski definition) is 2. The van der Waals surface area contributed by atoms with Gasteiger partial charge in [0.15, 0.2) is 0 Å². The predicted octanol–water partition coefficient (Wildman–Crippen LogP) is 3.86. The third-order valence-electron chi connectivity index (χ3n) is 4.08. The quantitative estimate of drug-likeness (QED) is 0.655. The molecule has 0 aromatic heterocycles. The van der Waals surface area contributed by atoms with E-state index in [-0.39, 0.29) is 5.97 Å². The van der Waals surface area contributed by atoms with E-state index in [0.717, 1.165) is 36.7 Å². The maximum Gasteiger partial charge on any atom is 0.333 e. The molecule has 1 fully saturated rings. The van der Waals surface area contributed by atoms with E-state index in [4.69, 9.17) is 4.74 Å². The van der Waals surface area contributed by atoms with Gasteiger partial charge in [-0.25, -0.2) is 4.79 Å². The van der Waals surface area contributed by atoms with Crippen LogP contribution in [0.5, 0.6) is 0 Å². The number of rotatable bonds is 6. The van der Waals surface area contributed by atoms with Gasteiger partial charge in [-0.05, 0) is 50.9 Å². The highest BCUT2D eigenvalue weighted by Gasteiger charge is 2.42. The molecular formula is C15H24O2. The summed E-state index contributed by atoms with van der Waals surface area (Å²) in [6, 6.07) is 0. The molecule has 2 aliphatic carbocycles. The minimum absolute atomic E-state index is 0.0406. The molecule has 0 radical (unpaired) electrons. The van der Waals surface area contributed by atoms with Crippen LogP contribution in [0.1, 0.15) is 58.8 Å². The topological polar surface area (TPSA) is 26.3 Å². The highest BCUT2D eigenvalue weighted by atomic mass is 16.5. The zero-order valence-corrected chi connectivity index (χ0v) is 11.1. The van der Waals surface area contributed by atoms with Crippen molar-refractivity contribution in [2.75, 3.05) is 6.61 Å². The summed E-state index contributed by atoms with van der Waals surface area (Å²) in [5.74, 6) is 1.55. The summed E-state index contributed by atoms with van der Waals surface area (Å²) in [4.78, 5) is 11.8. The molecule has 2 atom stereocenters. The molecule has 0 spiro atoms. The summed E-state index contributed by atoms with van der Waals surface area (Å²) in [7, 11) is 0. The van der Waals surface area contributed by atoms with Gasteiger partial charge in [-0.15, -0.1) is 0 Å². The van der Waals surface area contributed by atoms with Crippen molar-refractivity contribution < 1.29 is 9.53 Å². The smallest absolute Gasteiger partial charge is 0.333 e. The molecule has 0 aliphatic heterocycles. The van der Waals surface area contributed by atoms with Crippen molar-refractivity contribution in [2.24, 2.45) is 11.8 Å². The summed E-state index contributed by atoms with van der Waals surface area (Å²) in [6.45, 7) is 4.63. The average Bonchev–Trinajstić information content (AvgIpc) is 2.92. The van der Waals surface area contributed by atoms with Crippen LogP contribution < -0.4 is 0 Å². The van der Waals surface area contributed by atoms with Gasteiger partial charge < -0.3 is 4.74 Å². The first-order valence-electron chi connectivity index (χ1n) is 7.16. The molecule has 1 saturated carbocycles. The van der Waals surface area contributed by atoms with E-state index in [0.29, 0.717) is 6.61 Å². The fourth-order valence-corrected chi connectivity index (χ4v) is 3.09. The lowest BCUT2D eigenvalue weighted by Gasteiger charge is -2.06. The molecule has 0 unspecified atom stereocenters. The zero-order valence-electron chi connectivity index (χ0n) is 11.1. The number of carbonyl (C=O) groups excluding carboxylic acids is 1. The zero-order chi connectivity index (χ0) is 12.3. The Morgan fingerprint density at radius 3 is 2.88 bits per heavy atom. The van der Waals surface area contributed by atoms with Gasteiger partial charge in [-0.1, -0.05) is 25.3 Å². The second kappa shape index (κ2) is 5.70. The Morgan fingerprint density at radius 2 is 2.18 bits per heavy atom. The second-order valence-electron chi connectivity index (χ2n) is 5.32. The summed E-state index contributed by atoms with van der Waals surface area (Å²) in [6.07, 6.45) is 8.53. The molecule has 0 aromatic carbocycles. The third-order valence-corrected chi connectivity index (χ3v) is 4.08. The van der Waals surface area contributed by atoms with Gasteiger partial charge in [-0.3, -0.25) is 0 Å². The van der Waals surface area contributed by atoms with Gasteiger partial charge in [0.05, 0.1) is 6.61 Å². The number of ether oxygens (including phenoxy) is 1. The van der Waals surface area contributed by atoms with E-state index in [2.05, 4.69) is 6.92 Å². The van der Waals surface area contributed by atoms with Crippen molar-refractivity contribution in [3.05, 3.63) is 11.1 Å². The summed E-state index contributed by atoms with van der Waals surface area (Å²) in [5.41, 5.74) is 2.47. The largest absolute Gasteiger partial charge is 0.463 e. The van der Waals surface area contributed by atoms with E-state index < -0.39 is 0 Å². The normalized spacial score (nSPS) is 27.4. The highest BCUT2D eigenvalue weighted by Crippen LogP contribution is 2.51. The summed E-state index contributed by atoms with van der Waals surface area (Å²) < 4.78 is 5.15. The minimum atomic E-state index is -0.0406. The van der Waals surface area contributed by atoms with Crippen LogP contribution in [0.2, 0.25) is 0 Å². The van der Waals surface area contributed by atoms with Crippen molar-refractivity contribution in [3.8, 4) is 0 Å². The molecule has 2 rings (SSSR count). The average molecular weight is 236 g/mol. The van der Waals surface area contributed by atoms with Gasteiger partial charge in [-0.2, -0.15) is 0 Å². The van der Waals surface area contributed by atoms with Crippen LogP contribution in [-0.2, 0) is 9.53 Å². The molecule has 2 nitrogen and oxygen atoms in total. The Kier molecular flexibility index (Phi) is 4.25. The second-order valence-corrected chi connectivity index (χ2v) is 5.32. The summed E-state index contributed by atoms with van der Waals surface area (Å²) >= 11 is 0. The van der Waals surface area contributed by atoms with Gasteiger partial charge in [0.1, 0.15) is 0 Å². The molecule has 0 heterocycles. The van der Waals surface area contributed by atoms with E-state index >= 15 is 0 Å². The van der Waals surface area contributed by atoms with E-state index in [1.54, 1.807) is 0 Å². The molecule has 17 heavy (non-hydrogen) atoms. The van der Waals surface area contributed by atoms with Crippen molar-refractivity contribution in [1.82, 2.24) is 0 Å². The summed E-state index contributed by atoms with van der Waals surface area (Å²) in [5, 5.41) is 0. The van der Waals surface area contributed by atoms with Crippen LogP contribution in [0.3, 0.4) is 0 Å². The lowest BCUT2D eigenvalue weighted by atomic mass is 10.0. The van der Waals surface area contributed by atoms with Crippen LogP contribution in [0.4, 0.5) is 0 Å². The lowest BCUT2D eigenvalue weighted by Crippen LogP contribution is -2.08. The molecule has 0 N–H and O–H groups in total. The van der Waals surface area contributed by atoms with Crippen LogP contribution in [0, 0.1) is 11.8 Å². The fraction of sp³-hybridized carbons (Fsp3) is 0.800. The van der Waals surface area contributed by atoms with E-state index in [9.17, 15) is 4.79 Å². The van der Waals surface area contributed by atoms with Crippen LogP contribution >= 0.6 is 0 Å². The Hall–Kier alpha value is -0.790. The molecule has 96 valence electrons. The first-order chi connectivity index (χ1) is 8.27. The van der Waals surface area contributed by atoms with Gasteiger partial charge in [0, 0.05) is 5.57 Å². The molecule has 0 saturated heterocycles. The number of allylic oxidation sites excluding steroid dienone is 1. The predicted molar refractivity (Wildman–Crippen MR) is 68.6 cm³/mol. The van der Waals surface area contributed by atoms with Crippen molar-refractivity contribution in [1.29, 1.82) is 0 Å². The molecule has 2 aliphatic rings. The SMILES string of the molecule is CCCC[C@@H]1C[C@H]1C1=C(C(=O)OCC)CCC1. The standard InChI is InChI=1S/C15H24O2/c1-3-5-7-11-10-14(11)12-8-6-9-13(12)15(16)17-4-2/h11,14H,3-10H2,1-2H3/t11-,14-/m1/s1. The molecule has 0 bridgehead atoms. The molecular weight excluding hydrogens is 212 g/mol. The Balaban J connectivity index is 1.95.